The summed E-state index contributed by atoms with van der Waals surface area (Å²) in [5.41, 5.74) is 1.29. The molecular formula is C23H27BrN4O4S. The van der Waals surface area contributed by atoms with Gasteiger partial charge in [-0.3, -0.25) is 4.79 Å². The van der Waals surface area contributed by atoms with Crippen LogP contribution in [0.5, 0.6) is 5.75 Å². The molecule has 1 amide bonds. The van der Waals surface area contributed by atoms with E-state index in [1.807, 2.05) is 6.07 Å². The molecule has 1 N–H and O–H groups in total. The first kappa shape index (κ1) is 23.8. The second-order valence-corrected chi connectivity index (χ2v) is 11.3. The standard InChI is InChI=1S/C23H27BrN4O4S/c1-16-4-9-28(10-5-16)23(29)20(6-11-27-8-2-3-19(27)15-25)26-33(30,31)21-14-18(24)13-17-7-12-32-22(17)21/h2-3,8,13-14,16,20,26H,4-7,9-12H2,1H3. The molecule has 0 radical (unpaired) electrons. The summed E-state index contributed by atoms with van der Waals surface area (Å²) in [6, 6.07) is 7.98. The van der Waals surface area contributed by atoms with E-state index in [1.165, 1.54) is 6.07 Å². The third-order valence-corrected chi connectivity index (χ3v) is 8.23. The molecule has 1 unspecified atom stereocenters. The zero-order chi connectivity index (χ0) is 23.6. The molecule has 1 fully saturated rings. The highest BCUT2D eigenvalue weighted by atomic mass is 79.9. The first-order valence-corrected chi connectivity index (χ1v) is 13.4. The lowest BCUT2D eigenvalue weighted by Crippen LogP contribution is -2.51. The van der Waals surface area contributed by atoms with Crippen molar-refractivity contribution >= 4 is 31.9 Å². The number of halogens is 1. The van der Waals surface area contributed by atoms with Gasteiger partial charge in [-0.1, -0.05) is 22.9 Å². The number of amides is 1. The Hall–Kier alpha value is -2.35. The second-order valence-electron chi connectivity index (χ2n) is 8.66. The number of sulfonamides is 1. The van der Waals surface area contributed by atoms with Gasteiger partial charge in [-0.15, -0.1) is 0 Å². The minimum Gasteiger partial charge on any atom is -0.492 e. The van der Waals surface area contributed by atoms with Crippen molar-refractivity contribution in [2.45, 2.75) is 50.1 Å². The van der Waals surface area contributed by atoms with Crippen molar-refractivity contribution in [3.8, 4) is 11.8 Å². The van der Waals surface area contributed by atoms with Gasteiger partial charge >= 0.3 is 0 Å². The van der Waals surface area contributed by atoms with Gasteiger partial charge in [0.05, 0.1) is 6.61 Å². The number of benzene rings is 1. The molecule has 4 rings (SSSR count). The maximum atomic E-state index is 13.4. The van der Waals surface area contributed by atoms with E-state index >= 15 is 0 Å². The molecule has 2 aliphatic rings. The molecule has 8 nitrogen and oxygen atoms in total. The van der Waals surface area contributed by atoms with Crippen LogP contribution in [0.1, 0.15) is 37.4 Å². The van der Waals surface area contributed by atoms with Crippen LogP contribution in [0.3, 0.4) is 0 Å². The van der Waals surface area contributed by atoms with Crippen molar-refractivity contribution in [1.82, 2.24) is 14.2 Å². The van der Waals surface area contributed by atoms with E-state index in [2.05, 4.69) is 33.6 Å². The number of nitrogens with one attached hydrogen (secondary N) is 1. The van der Waals surface area contributed by atoms with Crippen LogP contribution in [-0.2, 0) is 27.8 Å². The predicted octanol–water partition coefficient (Wildman–Crippen LogP) is 3.05. The van der Waals surface area contributed by atoms with Crippen LogP contribution in [-0.4, -0.2) is 49.5 Å². The number of carbonyl (C=O) groups excluding carboxylic acids is 1. The Balaban J connectivity index is 1.60. The molecule has 2 aromatic rings. The molecular weight excluding hydrogens is 508 g/mol. The van der Waals surface area contributed by atoms with Crippen molar-refractivity contribution in [3.05, 3.63) is 46.2 Å². The van der Waals surface area contributed by atoms with E-state index in [0.29, 0.717) is 54.5 Å². The molecule has 10 heteroatoms. The highest BCUT2D eigenvalue weighted by Crippen LogP contribution is 2.36. The number of nitrogens with zero attached hydrogens (tertiary/aromatic N) is 3. The number of aryl methyl sites for hydroxylation is 1. The number of likely N-dealkylation sites (tertiary alicyclic amines) is 1. The van der Waals surface area contributed by atoms with Gasteiger partial charge in [0, 0.05) is 42.3 Å². The number of aromatic nitrogens is 1. The molecule has 3 heterocycles. The summed E-state index contributed by atoms with van der Waals surface area (Å²) in [6.45, 7) is 4.14. The van der Waals surface area contributed by atoms with Crippen molar-refractivity contribution < 1.29 is 17.9 Å². The summed E-state index contributed by atoms with van der Waals surface area (Å²) in [5.74, 6) is 0.660. The Kier molecular flexibility index (Phi) is 7.12. The Morgan fingerprint density at radius 1 is 1.36 bits per heavy atom. The van der Waals surface area contributed by atoms with Gasteiger partial charge in [0.25, 0.3) is 0 Å². The molecule has 176 valence electrons. The number of rotatable bonds is 7. The maximum Gasteiger partial charge on any atom is 0.245 e. The fourth-order valence-electron chi connectivity index (χ4n) is 4.35. The molecule has 33 heavy (non-hydrogen) atoms. The van der Waals surface area contributed by atoms with Crippen molar-refractivity contribution in [3.63, 3.8) is 0 Å². The first-order chi connectivity index (χ1) is 15.8. The summed E-state index contributed by atoms with van der Waals surface area (Å²) in [6.07, 6.45) is 4.41. The fraction of sp³-hybridized carbons (Fsp3) is 0.478. The highest BCUT2D eigenvalue weighted by molar-refractivity contribution is 9.10. The number of ether oxygens (including phenoxy) is 1. The lowest BCUT2D eigenvalue weighted by atomic mass is 9.98. The van der Waals surface area contributed by atoms with Gasteiger partial charge in [0.2, 0.25) is 15.9 Å². The monoisotopic (exact) mass is 534 g/mol. The second kappa shape index (κ2) is 9.87. The molecule has 0 saturated carbocycles. The van der Waals surface area contributed by atoms with Gasteiger partial charge in [-0.05, 0) is 49.4 Å². The van der Waals surface area contributed by atoms with E-state index in [9.17, 15) is 18.5 Å². The maximum absolute atomic E-state index is 13.4. The van der Waals surface area contributed by atoms with E-state index in [1.54, 1.807) is 27.8 Å². The Bertz CT molecular complexity index is 1180. The summed E-state index contributed by atoms with van der Waals surface area (Å²) in [5, 5.41) is 9.29. The molecule has 0 spiro atoms. The van der Waals surface area contributed by atoms with Crippen LogP contribution < -0.4 is 9.46 Å². The summed E-state index contributed by atoms with van der Waals surface area (Å²) in [4.78, 5) is 15.2. The number of nitriles is 1. The number of hydrogen-bond acceptors (Lipinski definition) is 5. The molecule has 1 aromatic carbocycles. The molecule has 1 saturated heterocycles. The lowest BCUT2D eigenvalue weighted by molar-refractivity contribution is -0.134. The SMILES string of the molecule is CC1CCN(C(=O)C(CCn2cccc2C#N)NS(=O)(=O)c2cc(Br)cc3c2OCC3)CC1. The molecule has 0 aliphatic carbocycles. The van der Waals surface area contributed by atoms with E-state index in [4.69, 9.17) is 4.74 Å². The van der Waals surface area contributed by atoms with Gasteiger partial charge in [-0.25, -0.2) is 8.42 Å². The Labute approximate surface area is 202 Å². The summed E-state index contributed by atoms with van der Waals surface area (Å²) in [7, 11) is -4.04. The van der Waals surface area contributed by atoms with Crippen molar-refractivity contribution in [1.29, 1.82) is 5.26 Å². The smallest absolute Gasteiger partial charge is 0.245 e. The van der Waals surface area contributed by atoms with Crippen LogP contribution in [0.4, 0.5) is 0 Å². The highest BCUT2D eigenvalue weighted by Gasteiger charge is 2.33. The average molecular weight is 535 g/mol. The number of hydrogen-bond donors (Lipinski definition) is 1. The van der Waals surface area contributed by atoms with Crippen LogP contribution in [0.15, 0.2) is 39.8 Å². The van der Waals surface area contributed by atoms with Gasteiger partial charge in [0.1, 0.15) is 28.4 Å². The summed E-state index contributed by atoms with van der Waals surface area (Å²) < 4.78 is 37.5. The number of piperidine rings is 1. The van der Waals surface area contributed by atoms with Crippen molar-refractivity contribution in [2.75, 3.05) is 19.7 Å². The third kappa shape index (κ3) is 5.26. The zero-order valence-corrected chi connectivity index (χ0v) is 20.9. The zero-order valence-electron chi connectivity index (χ0n) is 18.5. The topological polar surface area (TPSA) is 104 Å². The van der Waals surface area contributed by atoms with Crippen LogP contribution in [0, 0.1) is 17.2 Å². The van der Waals surface area contributed by atoms with E-state index in [0.717, 1.165) is 18.4 Å². The van der Waals surface area contributed by atoms with Gasteiger partial charge < -0.3 is 14.2 Å². The minimum atomic E-state index is -4.04. The average Bonchev–Trinajstić information content (AvgIpc) is 3.44. The minimum absolute atomic E-state index is 0.0353. The number of fused-ring (bicyclic) bond motifs is 1. The van der Waals surface area contributed by atoms with Crippen LogP contribution >= 0.6 is 15.9 Å². The molecule has 1 atom stereocenters. The fourth-order valence-corrected chi connectivity index (χ4v) is 6.44. The van der Waals surface area contributed by atoms with E-state index in [-0.39, 0.29) is 17.2 Å². The van der Waals surface area contributed by atoms with Gasteiger partial charge in [-0.2, -0.15) is 9.98 Å². The first-order valence-electron chi connectivity index (χ1n) is 11.1. The Morgan fingerprint density at radius 3 is 2.85 bits per heavy atom. The largest absolute Gasteiger partial charge is 0.492 e. The third-order valence-electron chi connectivity index (χ3n) is 6.30. The van der Waals surface area contributed by atoms with Crippen LogP contribution in [0.2, 0.25) is 0 Å². The predicted molar refractivity (Wildman–Crippen MR) is 126 cm³/mol. The number of carbonyl (C=O) groups is 1. The summed E-state index contributed by atoms with van der Waals surface area (Å²) >= 11 is 3.39. The molecule has 1 aromatic heterocycles. The molecule has 0 bridgehead atoms. The van der Waals surface area contributed by atoms with E-state index < -0.39 is 16.1 Å². The molecule has 2 aliphatic heterocycles. The Morgan fingerprint density at radius 2 is 2.12 bits per heavy atom. The quantitative estimate of drug-likeness (QED) is 0.587. The van der Waals surface area contributed by atoms with Crippen molar-refractivity contribution in [2.24, 2.45) is 5.92 Å². The van der Waals surface area contributed by atoms with Gasteiger partial charge in [0.15, 0.2) is 0 Å². The lowest BCUT2D eigenvalue weighted by Gasteiger charge is -2.33. The van der Waals surface area contributed by atoms with Crippen LogP contribution in [0.25, 0.3) is 0 Å². The normalized spacial score (nSPS) is 17.3.